The van der Waals surface area contributed by atoms with Gasteiger partial charge in [0.15, 0.2) is 0 Å². The second-order valence-electron chi connectivity index (χ2n) is 7.16. The lowest BCUT2D eigenvalue weighted by atomic mass is 9.96. The molecule has 2 aromatic carbocycles. The van der Waals surface area contributed by atoms with Gasteiger partial charge in [0.2, 0.25) is 0 Å². The van der Waals surface area contributed by atoms with Crippen molar-refractivity contribution in [3.8, 4) is 23.0 Å². The molecule has 3 heteroatoms. The molecule has 0 bridgehead atoms. The van der Waals surface area contributed by atoms with Crippen molar-refractivity contribution in [3.63, 3.8) is 0 Å². The molecule has 0 N–H and O–H groups in total. The van der Waals surface area contributed by atoms with Crippen LogP contribution in [0.25, 0.3) is 0 Å². The number of ether oxygens (including phenoxy) is 3. The molecule has 0 aliphatic rings. The van der Waals surface area contributed by atoms with Crippen molar-refractivity contribution in [1.82, 2.24) is 0 Å². The van der Waals surface area contributed by atoms with E-state index in [4.69, 9.17) is 14.2 Å². The number of hydrogen-bond donors (Lipinski definition) is 0. The molecule has 0 unspecified atom stereocenters. The van der Waals surface area contributed by atoms with Crippen LogP contribution in [0.3, 0.4) is 0 Å². The molecular weight excluding hydrogens is 300 g/mol. The van der Waals surface area contributed by atoms with Gasteiger partial charge in [-0.1, -0.05) is 19.9 Å². The van der Waals surface area contributed by atoms with Gasteiger partial charge in [-0.05, 0) is 69.0 Å². The highest BCUT2D eigenvalue weighted by molar-refractivity contribution is 5.43. The summed E-state index contributed by atoms with van der Waals surface area (Å²) < 4.78 is 17.4. The Morgan fingerprint density at radius 2 is 1.50 bits per heavy atom. The van der Waals surface area contributed by atoms with E-state index in [1.165, 1.54) is 0 Å². The van der Waals surface area contributed by atoms with Crippen molar-refractivity contribution in [2.75, 3.05) is 7.11 Å². The van der Waals surface area contributed by atoms with Crippen molar-refractivity contribution in [1.29, 1.82) is 0 Å². The van der Waals surface area contributed by atoms with Gasteiger partial charge in [0.25, 0.3) is 0 Å². The van der Waals surface area contributed by atoms with Crippen LogP contribution < -0.4 is 14.2 Å². The average Bonchev–Trinajstić information content (AvgIpc) is 2.49. The molecule has 0 heterocycles. The molecule has 2 aromatic rings. The van der Waals surface area contributed by atoms with Crippen LogP contribution in [-0.2, 0) is 0 Å². The van der Waals surface area contributed by atoms with E-state index in [-0.39, 0.29) is 5.60 Å². The van der Waals surface area contributed by atoms with Crippen LogP contribution in [0.1, 0.15) is 39.7 Å². The second kappa shape index (κ2) is 7.61. The smallest absolute Gasteiger partial charge is 0.134 e. The first kappa shape index (κ1) is 18.2. The molecule has 2 rings (SSSR count). The van der Waals surface area contributed by atoms with Crippen LogP contribution in [0.4, 0.5) is 0 Å². The highest BCUT2D eigenvalue weighted by Gasteiger charge is 2.21. The van der Waals surface area contributed by atoms with Gasteiger partial charge in [0, 0.05) is 6.07 Å². The monoisotopic (exact) mass is 328 g/mol. The van der Waals surface area contributed by atoms with E-state index < -0.39 is 0 Å². The summed E-state index contributed by atoms with van der Waals surface area (Å²) in [5.74, 6) is 3.80. The first-order valence-electron chi connectivity index (χ1n) is 8.40. The van der Waals surface area contributed by atoms with E-state index in [9.17, 15) is 0 Å². The highest BCUT2D eigenvalue weighted by atomic mass is 16.5. The molecule has 0 spiro atoms. The zero-order chi connectivity index (χ0) is 17.7. The Balaban J connectivity index is 2.15. The lowest BCUT2D eigenvalue weighted by molar-refractivity contribution is 0.0850. The maximum atomic E-state index is 6.18. The lowest BCUT2D eigenvalue weighted by Crippen LogP contribution is -2.29. The zero-order valence-corrected chi connectivity index (χ0v) is 15.6. The van der Waals surface area contributed by atoms with Gasteiger partial charge in [-0.3, -0.25) is 0 Å². The standard InChI is InChI=1S/C21H28O3/c1-15(2)14-21(4,5)24-19-8-7-16(3)20(13-19)23-18-11-9-17(22-6)10-12-18/h7-13,15H,14H2,1-6H3. The maximum absolute atomic E-state index is 6.18. The van der Waals surface area contributed by atoms with Crippen LogP contribution in [0.5, 0.6) is 23.0 Å². The highest BCUT2D eigenvalue weighted by Crippen LogP contribution is 2.32. The Morgan fingerprint density at radius 3 is 2.08 bits per heavy atom. The summed E-state index contributed by atoms with van der Waals surface area (Å²) >= 11 is 0. The quantitative estimate of drug-likeness (QED) is 0.624. The van der Waals surface area contributed by atoms with Crippen LogP contribution in [0.15, 0.2) is 42.5 Å². The molecule has 0 aromatic heterocycles. The van der Waals surface area contributed by atoms with Gasteiger partial charge in [0.05, 0.1) is 7.11 Å². The Labute approximate surface area is 145 Å². The molecule has 0 saturated heterocycles. The molecular formula is C21H28O3. The zero-order valence-electron chi connectivity index (χ0n) is 15.6. The predicted octanol–water partition coefficient (Wildman–Crippen LogP) is 6.00. The Kier molecular flexibility index (Phi) is 5.76. The average molecular weight is 328 g/mol. The van der Waals surface area contributed by atoms with Crippen LogP contribution >= 0.6 is 0 Å². The topological polar surface area (TPSA) is 27.7 Å². The summed E-state index contributed by atoms with van der Waals surface area (Å²) in [5.41, 5.74) is 0.862. The van der Waals surface area contributed by atoms with Gasteiger partial charge >= 0.3 is 0 Å². The van der Waals surface area contributed by atoms with Gasteiger partial charge in [-0.25, -0.2) is 0 Å². The van der Waals surface area contributed by atoms with Crippen molar-refractivity contribution in [2.24, 2.45) is 5.92 Å². The molecule has 0 amide bonds. The molecule has 0 saturated carbocycles. The van der Waals surface area contributed by atoms with Gasteiger partial charge in [-0.15, -0.1) is 0 Å². The van der Waals surface area contributed by atoms with Crippen molar-refractivity contribution in [3.05, 3.63) is 48.0 Å². The van der Waals surface area contributed by atoms with E-state index in [0.717, 1.165) is 35.0 Å². The van der Waals surface area contributed by atoms with Crippen LogP contribution in [-0.4, -0.2) is 12.7 Å². The minimum Gasteiger partial charge on any atom is -0.497 e. The van der Waals surface area contributed by atoms with Crippen molar-refractivity contribution >= 4 is 0 Å². The summed E-state index contributed by atoms with van der Waals surface area (Å²) in [6.07, 6.45) is 0.996. The maximum Gasteiger partial charge on any atom is 0.134 e. The predicted molar refractivity (Wildman–Crippen MR) is 98.4 cm³/mol. The van der Waals surface area contributed by atoms with Gasteiger partial charge < -0.3 is 14.2 Å². The second-order valence-corrected chi connectivity index (χ2v) is 7.16. The number of hydrogen-bond acceptors (Lipinski definition) is 3. The van der Waals surface area contributed by atoms with E-state index in [1.807, 2.05) is 49.4 Å². The first-order chi connectivity index (χ1) is 11.3. The molecule has 24 heavy (non-hydrogen) atoms. The number of methoxy groups -OCH3 is 1. The number of rotatable bonds is 7. The fraction of sp³-hybridized carbons (Fsp3) is 0.429. The fourth-order valence-electron chi connectivity index (χ4n) is 2.87. The van der Waals surface area contributed by atoms with Gasteiger partial charge in [-0.2, -0.15) is 0 Å². The van der Waals surface area contributed by atoms with E-state index in [1.54, 1.807) is 7.11 Å². The van der Waals surface area contributed by atoms with E-state index >= 15 is 0 Å². The third kappa shape index (κ3) is 5.19. The fourth-order valence-corrected chi connectivity index (χ4v) is 2.87. The molecule has 0 aliphatic heterocycles. The molecule has 0 aliphatic carbocycles. The Bertz CT molecular complexity index is 657. The number of benzene rings is 2. The van der Waals surface area contributed by atoms with E-state index in [0.29, 0.717) is 5.92 Å². The summed E-state index contributed by atoms with van der Waals surface area (Å²) in [6.45, 7) is 10.7. The Morgan fingerprint density at radius 1 is 0.917 bits per heavy atom. The molecule has 0 atom stereocenters. The first-order valence-corrected chi connectivity index (χ1v) is 8.40. The normalized spacial score (nSPS) is 11.5. The minimum atomic E-state index is -0.208. The molecule has 130 valence electrons. The summed E-state index contributed by atoms with van der Waals surface area (Å²) in [6, 6.07) is 13.6. The van der Waals surface area contributed by atoms with Crippen LogP contribution in [0.2, 0.25) is 0 Å². The van der Waals surface area contributed by atoms with Crippen molar-refractivity contribution < 1.29 is 14.2 Å². The van der Waals surface area contributed by atoms with Crippen LogP contribution in [0, 0.1) is 12.8 Å². The molecule has 0 radical (unpaired) electrons. The summed E-state index contributed by atoms with van der Waals surface area (Å²) in [4.78, 5) is 0. The molecule has 0 fully saturated rings. The molecule has 3 nitrogen and oxygen atoms in total. The van der Waals surface area contributed by atoms with Gasteiger partial charge in [0.1, 0.15) is 28.6 Å². The van der Waals surface area contributed by atoms with E-state index in [2.05, 4.69) is 27.7 Å². The van der Waals surface area contributed by atoms with Crippen molar-refractivity contribution in [2.45, 2.75) is 46.6 Å². The Hall–Kier alpha value is -2.16. The largest absolute Gasteiger partial charge is 0.497 e. The lowest BCUT2D eigenvalue weighted by Gasteiger charge is -2.28. The third-order valence-corrected chi connectivity index (χ3v) is 3.74. The third-order valence-electron chi connectivity index (χ3n) is 3.74. The number of aryl methyl sites for hydroxylation is 1. The summed E-state index contributed by atoms with van der Waals surface area (Å²) in [5, 5.41) is 0. The minimum absolute atomic E-state index is 0.208. The SMILES string of the molecule is COc1ccc(Oc2cc(OC(C)(C)CC(C)C)ccc2C)cc1. The summed E-state index contributed by atoms with van der Waals surface area (Å²) in [7, 11) is 1.65.